The number of hydrogen-bond donors (Lipinski definition) is 0. The van der Waals surface area contributed by atoms with Crippen molar-refractivity contribution >= 4 is 0 Å². The monoisotopic (exact) mass is 522 g/mol. The first-order chi connectivity index (χ1) is 17.5. The van der Waals surface area contributed by atoms with E-state index < -0.39 is 69.3 Å². The quantitative estimate of drug-likeness (QED) is 0.151. The SMILES string of the molecule is Fc1cc(OC(F)(F)c2c(F)cc(C#Cc3c(F)cc(-c4ccccc4)cc3F)cc2F)cc(F)c1F. The first kappa shape index (κ1) is 25.7. The second-order valence-electron chi connectivity index (χ2n) is 7.57. The molecule has 4 aromatic carbocycles. The van der Waals surface area contributed by atoms with E-state index in [1.165, 1.54) is 0 Å². The maximum atomic E-state index is 14.5. The van der Waals surface area contributed by atoms with Gasteiger partial charge in [0.1, 0.15) is 34.6 Å². The van der Waals surface area contributed by atoms with Crippen molar-refractivity contribution in [1.29, 1.82) is 0 Å². The van der Waals surface area contributed by atoms with Gasteiger partial charge in [-0.3, -0.25) is 0 Å². The molecule has 0 aliphatic heterocycles. The molecule has 188 valence electrons. The van der Waals surface area contributed by atoms with Crippen molar-refractivity contribution < 1.29 is 44.3 Å². The summed E-state index contributed by atoms with van der Waals surface area (Å²) in [5.41, 5.74) is -2.48. The van der Waals surface area contributed by atoms with Crippen LogP contribution in [0.1, 0.15) is 16.7 Å². The molecule has 0 saturated carbocycles. The maximum Gasteiger partial charge on any atom is 0.432 e. The van der Waals surface area contributed by atoms with E-state index in [9.17, 15) is 39.5 Å². The maximum absolute atomic E-state index is 14.5. The Morgan fingerprint density at radius 1 is 0.568 bits per heavy atom. The Morgan fingerprint density at radius 2 is 1.11 bits per heavy atom. The van der Waals surface area contributed by atoms with Crippen molar-refractivity contribution in [2.75, 3.05) is 0 Å². The molecule has 4 aromatic rings. The van der Waals surface area contributed by atoms with E-state index in [1.54, 1.807) is 30.3 Å². The Balaban J connectivity index is 1.64. The lowest BCUT2D eigenvalue weighted by atomic mass is 10.0. The highest BCUT2D eigenvalue weighted by Gasteiger charge is 2.41. The molecule has 0 spiro atoms. The molecule has 0 fully saturated rings. The zero-order valence-electron chi connectivity index (χ0n) is 18.2. The van der Waals surface area contributed by atoms with Gasteiger partial charge in [-0.05, 0) is 35.4 Å². The molecule has 0 aromatic heterocycles. The molecule has 0 N–H and O–H groups in total. The number of alkyl halides is 2. The average molecular weight is 522 g/mol. The Labute approximate surface area is 203 Å². The molecule has 0 radical (unpaired) electrons. The van der Waals surface area contributed by atoms with Crippen molar-refractivity contribution in [3.8, 4) is 28.7 Å². The molecule has 1 nitrogen and oxygen atoms in total. The first-order valence-electron chi connectivity index (χ1n) is 10.2. The lowest BCUT2D eigenvalue weighted by Crippen LogP contribution is -2.25. The largest absolute Gasteiger partial charge is 0.432 e. The van der Waals surface area contributed by atoms with E-state index in [2.05, 4.69) is 16.6 Å². The second-order valence-corrected chi connectivity index (χ2v) is 7.57. The van der Waals surface area contributed by atoms with Crippen LogP contribution in [-0.4, -0.2) is 0 Å². The molecule has 37 heavy (non-hydrogen) atoms. The van der Waals surface area contributed by atoms with Crippen molar-refractivity contribution in [2.24, 2.45) is 0 Å². The molecular weight excluding hydrogens is 511 g/mol. The molecule has 0 aliphatic carbocycles. The topological polar surface area (TPSA) is 9.23 Å². The van der Waals surface area contributed by atoms with Gasteiger partial charge in [0, 0.05) is 17.7 Å². The van der Waals surface area contributed by atoms with Gasteiger partial charge in [-0.1, -0.05) is 42.2 Å². The van der Waals surface area contributed by atoms with Crippen LogP contribution < -0.4 is 4.74 Å². The van der Waals surface area contributed by atoms with Gasteiger partial charge in [-0.15, -0.1) is 0 Å². The molecule has 0 amide bonds. The van der Waals surface area contributed by atoms with Gasteiger partial charge in [0.15, 0.2) is 17.5 Å². The molecule has 10 heteroatoms. The molecule has 0 heterocycles. The predicted molar refractivity (Wildman–Crippen MR) is 115 cm³/mol. The summed E-state index contributed by atoms with van der Waals surface area (Å²) in [7, 11) is 0. The molecule has 0 bridgehead atoms. The van der Waals surface area contributed by atoms with E-state index in [4.69, 9.17) is 0 Å². The number of hydrogen-bond acceptors (Lipinski definition) is 1. The highest BCUT2D eigenvalue weighted by Crippen LogP contribution is 2.36. The van der Waals surface area contributed by atoms with Crippen LogP contribution in [0, 0.1) is 52.6 Å². The van der Waals surface area contributed by atoms with Crippen molar-refractivity contribution in [2.45, 2.75) is 6.11 Å². The van der Waals surface area contributed by atoms with Gasteiger partial charge < -0.3 is 4.74 Å². The van der Waals surface area contributed by atoms with Crippen LogP contribution in [0.2, 0.25) is 0 Å². The van der Waals surface area contributed by atoms with Crippen LogP contribution in [0.15, 0.2) is 66.7 Å². The molecule has 0 aliphatic rings. The van der Waals surface area contributed by atoms with Gasteiger partial charge >= 0.3 is 6.11 Å². The molecule has 0 atom stereocenters. The summed E-state index contributed by atoms with van der Waals surface area (Å²) in [5.74, 6) is -8.65. The van der Waals surface area contributed by atoms with Crippen LogP contribution in [0.4, 0.5) is 39.5 Å². The number of rotatable bonds is 4. The number of benzene rings is 4. The highest BCUT2D eigenvalue weighted by molar-refractivity contribution is 5.65. The van der Waals surface area contributed by atoms with E-state index in [0.717, 1.165) is 12.1 Å². The summed E-state index contributed by atoms with van der Waals surface area (Å²) >= 11 is 0. The normalized spacial score (nSPS) is 11.2. The summed E-state index contributed by atoms with van der Waals surface area (Å²) in [6.07, 6.45) is -4.79. The molecule has 0 unspecified atom stereocenters. The standard InChI is InChI=1S/C27H11F9O/c28-19-10-16(15-4-2-1-3-5-15)11-20(29)18(19)7-6-14-8-21(30)25(22(31)9-14)27(35,36)37-17-12-23(32)26(34)24(33)13-17/h1-5,8-13H. The Morgan fingerprint density at radius 3 is 1.65 bits per heavy atom. The predicted octanol–water partition coefficient (Wildman–Crippen LogP) is 7.86. The van der Waals surface area contributed by atoms with Crippen LogP contribution in [0.5, 0.6) is 5.75 Å². The molecule has 0 saturated heterocycles. The zero-order chi connectivity index (χ0) is 26.9. The fraction of sp³-hybridized carbons (Fsp3) is 0.0370. The number of ether oxygens (including phenoxy) is 1. The van der Waals surface area contributed by atoms with Crippen molar-refractivity contribution in [1.82, 2.24) is 0 Å². The summed E-state index contributed by atoms with van der Waals surface area (Å²) in [5, 5.41) is 0. The fourth-order valence-electron chi connectivity index (χ4n) is 3.34. The number of halogens is 9. The van der Waals surface area contributed by atoms with E-state index in [0.29, 0.717) is 17.7 Å². The van der Waals surface area contributed by atoms with Gasteiger partial charge in [-0.25, -0.2) is 30.7 Å². The highest BCUT2D eigenvalue weighted by atomic mass is 19.3. The van der Waals surface area contributed by atoms with Gasteiger partial charge in [0.25, 0.3) is 0 Å². The Kier molecular flexibility index (Phi) is 6.90. The summed E-state index contributed by atoms with van der Waals surface area (Å²) in [6, 6.07) is 11.1. The van der Waals surface area contributed by atoms with Crippen LogP contribution >= 0.6 is 0 Å². The lowest BCUT2D eigenvalue weighted by molar-refractivity contribution is -0.189. The second kappa shape index (κ2) is 9.93. The summed E-state index contributed by atoms with van der Waals surface area (Å²) in [4.78, 5) is 0. The molecular formula is C27H11F9O. The minimum atomic E-state index is -4.79. The smallest absolute Gasteiger partial charge is 0.429 e. The first-order valence-corrected chi connectivity index (χ1v) is 10.2. The van der Waals surface area contributed by atoms with E-state index >= 15 is 0 Å². The van der Waals surface area contributed by atoms with Crippen LogP contribution in [0.25, 0.3) is 11.1 Å². The minimum absolute atomic E-state index is 0.0636. The third-order valence-corrected chi connectivity index (χ3v) is 5.02. The zero-order valence-corrected chi connectivity index (χ0v) is 18.2. The lowest BCUT2D eigenvalue weighted by Gasteiger charge is -2.19. The van der Waals surface area contributed by atoms with Crippen molar-refractivity contribution in [3.63, 3.8) is 0 Å². The van der Waals surface area contributed by atoms with Crippen molar-refractivity contribution in [3.05, 3.63) is 124 Å². The third-order valence-electron chi connectivity index (χ3n) is 5.02. The van der Waals surface area contributed by atoms with Crippen LogP contribution in [0.3, 0.4) is 0 Å². The summed E-state index contributed by atoms with van der Waals surface area (Å²) < 4.78 is 130. The van der Waals surface area contributed by atoms with Crippen LogP contribution in [-0.2, 0) is 6.11 Å². The fourth-order valence-corrected chi connectivity index (χ4v) is 3.34. The average Bonchev–Trinajstić information content (AvgIpc) is 2.81. The van der Waals surface area contributed by atoms with Gasteiger partial charge in [0.2, 0.25) is 0 Å². The summed E-state index contributed by atoms with van der Waals surface area (Å²) in [6.45, 7) is 0. The van der Waals surface area contributed by atoms with Gasteiger partial charge in [0.05, 0.1) is 5.56 Å². The Hall–Kier alpha value is -4.39. The Bertz CT molecular complexity index is 1480. The minimum Gasteiger partial charge on any atom is -0.429 e. The molecule has 4 rings (SSSR count). The van der Waals surface area contributed by atoms with E-state index in [-0.39, 0.29) is 17.7 Å². The third kappa shape index (κ3) is 5.40. The van der Waals surface area contributed by atoms with E-state index in [1.807, 2.05) is 0 Å². The van der Waals surface area contributed by atoms with Gasteiger partial charge in [-0.2, -0.15) is 8.78 Å².